The van der Waals surface area contributed by atoms with Crippen molar-refractivity contribution in [2.75, 3.05) is 5.73 Å². The molecule has 0 spiro atoms. The number of nitro benzene ring substituents is 1. The number of carbonyl (C=O) groups is 1. The maximum atomic E-state index is 12.3. The predicted octanol–water partition coefficient (Wildman–Crippen LogP) is 1.52. The van der Waals surface area contributed by atoms with E-state index in [4.69, 9.17) is 5.73 Å². The molecule has 1 aromatic carbocycles. The fraction of sp³-hybridized carbons (Fsp3) is 0.500. The van der Waals surface area contributed by atoms with E-state index in [1.54, 1.807) is 13.0 Å². The van der Waals surface area contributed by atoms with E-state index in [1.165, 1.54) is 6.07 Å². The molecule has 0 radical (unpaired) electrons. The summed E-state index contributed by atoms with van der Waals surface area (Å²) in [6.07, 6.45) is 2.38. The van der Waals surface area contributed by atoms with Gasteiger partial charge >= 0.3 is 0 Å². The second-order valence-electron chi connectivity index (χ2n) is 5.48. The number of nitrogen functional groups attached to an aromatic ring is 1. The summed E-state index contributed by atoms with van der Waals surface area (Å²) < 4.78 is 0. The molecular weight excluding hydrogens is 274 g/mol. The molecule has 0 bridgehead atoms. The number of benzene rings is 1. The quantitative estimate of drug-likeness (QED) is 0.443. The summed E-state index contributed by atoms with van der Waals surface area (Å²) in [4.78, 5) is 22.6. The highest BCUT2D eigenvalue weighted by Crippen LogP contribution is 2.27. The summed E-state index contributed by atoms with van der Waals surface area (Å²) in [6.45, 7) is 1.68. The summed E-state index contributed by atoms with van der Waals surface area (Å²) in [5.41, 5.74) is 6.12. The second kappa shape index (κ2) is 6.09. The molecule has 0 saturated heterocycles. The van der Waals surface area contributed by atoms with Crippen molar-refractivity contribution in [1.82, 2.24) is 5.32 Å². The van der Waals surface area contributed by atoms with E-state index in [-0.39, 0.29) is 29.1 Å². The average Bonchev–Trinajstić information content (AvgIpc) is 2.43. The zero-order valence-electron chi connectivity index (χ0n) is 11.8. The molecule has 7 heteroatoms. The number of anilines is 1. The third-order valence-electron chi connectivity index (χ3n) is 3.78. The van der Waals surface area contributed by atoms with Crippen LogP contribution in [-0.4, -0.2) is 28.1 Å². The van der Waals surface area contributed by atoms with Gasteiger partial charge in [0.15, 0.2) is 0 Å². The minimum Gasteiger partial charge on any atom is -0.393 e. The van der Waals surface area contributed by atoms with E-state index in [2.05, 4.69) is 5.32 Å². The van der Waals surface area contributed by atoms with Crippen molar-refractivity contribution in [3.63, 3.8) is 0 Å². The van der Waals surface area contributed by atoms with Crippen LogP contribution in [0.2, 0.25) is 0 Å². The normalized spacial score (nSPS) is 21.8. The highest BCUT2D eigenvalue weighted by atomic mass is 16.6. The predicted molar refractivity (Wildman–Crippen MR) is 78.0 cm³/mol. The highest BCUT2D eigenvalue weighted by Gasteiger charge is 2.24. The molecule has 0 aliphatic heterocycles. The Morgan fingerprint density at radius 2 is 2.00 bits per heavy atom. The van der Waals surface area contributed by atoms with Crippen molar-refractivity contribution < 1.29 is 14.8 Å². The first-order valence-electron chi connectivity index (χ1n) is 6.92. The average molecular weight is 293 g/mol. The van der Waals surface area contributed by atoms with E-state index >= 15 is 0 Å². The van der Waals surface area contributed by atoms with Gasteiger partial charge in [0.1, 0.15) is 5.69 Å². The van der Waals surface area contributed by atoms with Crippen molar-refractivity contribution in [3.05, 3.63) is 33.4 Å². The molecule has 0 aromatic heterocycles. The van der Waals surface area contributed by atoms with E-state index in [0.717, 1.165) is 0 Å². The Balaban J connectivity index is 2.17. The minimum absolute atomic E-state index is 0.0279. The maximum Gasteiger partial charge on any atom is 0.293 e. The van der Waals surface area contributed by atoms with Crippen LogP contribution in [0.5, 0.6) is 0 Å². The van der Waals surface area contributed by atoms with Crippen LogP contribution in [0.4, 0.5) is 11.4 Å². The van der Waals surface area contributed by atoms with Crippen LogP contribution >= 0.6 is 0 Å². The Labute approximate surface area is 122 Å². The molecule has 0 atom stereocenters. The molecule has 1 aliphatic carbocycles. The van der Waals surface area contributed by atoms with Gasteiger partial charge in [0, 0.05) is 12.1 Å². The smallest absolute Gasteiger partial charge is 0.293 e. The molecule has 1 amide bonds. The van der Waals surface area contributed by atoms with Crippen LogP contribution in [0.25, 0.3) is 0 Å². The maximum absolute atomic E-state index is 12.3. The van der Waals surface area contributed by atoms with Gasteiger partial charge in [-0.2, -0.15) is 0 Å². The number of aryl methyl sites for hydroxylation is 1. The first-order chi connectivity index (χ1) is 9.88. The standard InChI is InChI=1S/C14H19N3O4/c1-8-6-11(13(15)12(7-8)17(20)21)14(19)16-9-2-4-10(18)5-3-9/h6-7,9-10,18H,2-5,15H2,1H3,(H,16,19). The van der Waals surface area contributed by atoms with Crippen molar-refractivity contribution >= 4 is 17.3 Å². The summed E-state index contributed by atoms with van der Waals surface area (Å²) in [7, 11) is 0. The van der Waals surface area contributed by atoms with Gasteiger partial charge in [-0.15, -0.1) is 0 Å². The molecule has 2 rings (SSSR count). The molecular formula is C14H19N3O4. The number of aliphatic hydroxyl groups is 1. The molecule has 0 heterocycles. The lowest BCUT2D eigenvalue weighted by molar-refractivity contribution is -0.384. The van der Waals surface area contributed by atoms with Gasteiger partial charge < -0.3 is 16.2 Å². The molecule has 1 aliphatic rings. The van der Waals surface area contributed by atoms with E-state index in [0.29, 0.717) is 31.2 Å². The lowest BCUT2D eigenvalue weighted by atomic mass is 9.93. The molecule has 114 valence electrons. The lowest BCUT2D eigenvalue weighted by Gasteiger charge is -2.26. The molecule has 0 unspecified atom stereocenters. The SMILES string of the molecule is Cc1cc(C(=O)NC2CCC(O)CC2)c(N)c([N+](=O)[O-])c1. The Hall–Kier alpha value is -2.15. The van der Waals surface area contributed by atoms with Crippen molar-refractivity contribution in [1.29, 1.82) is 0 Å². The molecule has 4 N–H and O–H groups in total. The third kappa shape index (κ3) is 3.49. The number of amides is 1. The Kier molecular flexibility index (Phi) is 4.42. The van der Waals surface area contributed by atoms with E-state index in [9.17, 15) is 20.0 Å². The fourth-order valence-corrected chi connectivity index (χ4v) is 2.60. The van der Waals surface area contributed by atoms with E-state index < -0.39 is 10.8 Å². The Morgan fingerprint density at radius 3 is 2.57 bits per heavy atom. The van der Waals surface area contributed by atoms with E-state index in [1.807, 2.05) is 0 Å². The van der Waals surface area contributed by atoms with Crippen LogP contribution in [-0.2, 0) is 0 Å². The third-order valence-corrected chi connectivity index (χ3v) is 3.78. The summed E-state index contributed by atoms with van der Waals surface area (Å²) in [6, 6.07) is 2.87. The zero-order valence-corrected chi connectivity index (χ0v) is 11.8. The number of aliphatic hydroxyl groups excluding tert-OH is 1. The van der Waals surface area contributed by atoms with Gasteiger partial charge in [-0.25, -0.2) is 0 Å². The number of hydrogen-bond acceptors (Lipinski definition) is 5. The first kappa shape index (κ1) is 15.2. The van der Waals surface area contributed by atoms with Gasteiger partial charge in [-0.05, 0) is 44.2 Å². The van der Waals surface area contributed by atoms with Crippen LogP contribution in [0, 0.1) is 17.0 Å². The zero-order chi connectivity index (χ0) is 15.6. The van der Waals surface area contributed by atoms with Gasteiger partial charge in [-0.1, -0.05) is 0 Å². The number of nitrogens with one attached hydrogen (secondary N) is 1. The summed E-state index contributed by atoms with van der Waals surface area (Å²) >= 11 is 0. The largest absolute Gasteiger partial charge is 0.393 e. The van der Waals surface area contributed by atoms with Crippen molar-refractivity contribution in [2.45, 2.75) is 44.8 Å². The van der Waals surface area contributed by atoms with Gasteiger partial charge in [0.2, 0.25) is 0 Å². The number of nitrogens with two attached hydrogens (primary N) is 1. The topological polar surface area (TPSA) is 118 Å². The van der Waals surface area contributed by atoms with Crippen molar-refractivity contribution in [3.8, 4) is 0 Å². The Bertz CT molecular complexity index is 566. The molecule has 7 nitrogen and oxygen atoms in total. The number of hydrogen-bond donors (Lipinski definition) is 3. The minimum atomic E-state index is -0.587. The number of nitro groups is 1. The monoisotopic (exact) mass is 293 g/mol. The highest BCUT2D eigenvalue weighted by molar-refractivity contribution is 6.01. The number of nitrogens with zero attached hydrogens (tertiary/aromatic N) is 1. The molecule has 1 fully saturated rings. The van der Waals surface area contributed by atoms with Crippen LogP contribution in [0.1, 0.15) is 41.6 Å². The molecule has 21 heavy (non-hydrogen) atoms. The van der Waals surface area contributed by atoms with Gasteiger partial charge in [0.25, 0.3) is 11.6 Å². The van der Waals surface area contributed by atoms with Crippen LogP contribution in [0.15, 0.2) is 12.1 Å². The number of carbonyl (C=O) groups excluding carboxylic acids is 1. The van der Waals surface area contributed by atoms with Crippen molar-refractivity contribution in [2.24, 2.45) is 0 Å². The lowest BCUT2D eigenvalue weighted by Crippen LogP contribution is -2.38. The second-order valence-corrected chi connectivity index (χ2v) is 5.48. The molecule has 1 saturated carbocycles. The first-order valence-corrected chi connectivity index (χ1v) is 6.92. The Morgan fingerprint density at radius 1 is 1.38 bits per heavy atom. The fourth-order valence-electron chi connectivity index (χ4n) is 2.60. The summed E-state index contributed by atoms with van der Waals surface area (Å²) in [5, 5.41) is 23.2. The summed E-state index contributed by atoms with van der Waals surface area (Å²) in [5.74, 6) is -0.402. The van der Waals surface area contributed by atoms with Gasteiger partial charge in [0.05, 0.1) is 16.6 Å². The van der Waals surface area contributed by atoms with Crippen LogP contribution < -0.4 is 11.1 Å². The molecule has 1 aromatic rings. The van der Waals surface area contributed by atoms with Crippen LogP contribution in [0.3, 0.4) is 0 Å². The number of rotatable bonds is 3. The van der Waals surface area contributed by atoms with Gasteiger partial charge in [-0.3, -0.25) is 14.9 Å².